The number of nitrogens with zero attached hydrogens (tertiary/aromatic N) is 1. The summed E-state index contributed by atoms with van der Waals surface area (Å²) in [6.07, 6.45) is -4.82. The Morgan fingerprint density at radius 2 is 1.55 bits per heavy atom. The molecule has 1 amide bonds. The minimum atomic E-state index is -1.52. The van der Waals surface area contributed by atoms with E-state index in [4.69, 9.17) is 48.4 Å². The number of rotatable bonds is 14. The molecule has 5 heterocycles. The lowest BCUT2D eigenvalue weighted by molar-refractivity contribution is -0.340. The number of hydrogen-bond acceptors (Lipinski definition) is 20. The van der Waals surface area contributed by atoms with Gasteiger partial charge in [0.05, 0.1) is 65.8 Å². The summed E-state index contributed by atoms with van der Waals surface area (Å²) in [7, 11) is 6.48. The molecule has 4 aliphatic heterocycles. The van der Waals surface area contributed by atoms with Crippen LogP contribution >= 0.6 is 11.3 Å². The van der Waals surface area contributed by atoms with E-state index in [2.05, 4.69) is 5.32 Å². The Kier molecular flexibility index (Phi) is 22.5. The van der Waals surface area contributed by atoms with Gasteiger partial charge < -0.3 is 84.1 Å². The van der Waals surface area contributed by atoms with Gasteiger partial charge in [0.2, 0.25) is 0 Å². The Labute approximate surface area is 452 Å². The fourth-order valence-electron chi connectivity index (χ4n) is 11.6. The maximum atomic E-state index is 14.4. The average Bonchev–Trinajstić information content (AvgIpc) is 3.76. The van der Waals surface area contributed by atoms with Gasteiger partial charge in [0.25, 0.3) is 5.91 Å². The summed E-state index contributed by atoms with van der Waals surface area (Å²) in [5.74, 6) is -4.19. The number of ether oxygens (including phenoxy) is 9. The van der Waals surface area contributed by atoms with Crippen molar-refractivity contribution in [3.63, 3.8) is 0 Å². The first-order valence-electron chi connectivity index (χ1n) is 27.2. The molecule has 0 aromatic carbocycles. The molecular weight excluding hydrogens is 1010 g/mol. The Morgan fingerprint density at radius 1 is 0.882 bits per heavy atom. The number of amides is 1. The van der Waals surface area contributed by atoms with Crippen LogP contribution in [0.25, 0.3) is 0 Å². The zero-order valence-corrected chi connectivity index (χ0v) is 47.4. The van der Waals surface area contributed by atoms with Gasteiger partial charge in [-0.3, -0.25) is 14.4 Å². The predicted molar refractivity (Wildman–Crippen MR) is 282 cm³/mol. The Hall–Kier alpha value is -2.97. The zero-order valence-electron chi connectivity index (χ0n) is 46.6. The van der Waals surface area contributed by atoms with Gasteiger partial charge in [0, 0.05) is 55.2 Å². The largest absolute Gasteiger partial charge is 0.462 e. The number of nitrogens with two attached hydrogens (primary N) is 1. The first-order valence-corrected chi connectivity index (χ1v) is 28.1. The van der Waals surface area contributed by atoms with E-state index < -0.39 is 140 Å². The van der Waals surface area contributed by atoms with Gasteiger partial charge >= 0.3 is 5.97 Å². The molecular formula is C55H89N3O17S. The maximum absolute atomic E-state index is 14.4. The highest BCUT2D eigenvalue weighted by atomic mass is 32.1. The summed E-state index contributed by atoms with van der Waals surface area (Å²) in [4.78, 5) is 44.9. The molecule has 0 spiro atoms. The third-order valence-electron chi connectivity index (χ3n) is 16.2. The fourth-order valence-corrected chi connectivity index (χ4v) is 12.6. The van der Waals surface area contributed by atoms with E-state index in [9.17, 15) is 39.9 Å². The zero-order chi connectivity index (χ0) is 55.9. The number of thiophene rings is 1. The van der Waals surface area contributed by atoms with Gasteiger partial charge in [-0.1, -0.05) is 57.8 Å². The van der Waals surface area contributed by atoms with Crippen LogP contribution in [0.4, 0.5) is 5.00 Å². The van der Waals surface area contributed by atoms with Crippen LogP contribution in [0.3, 0.4) is 0 Å². The molecule has 6 rings (SSSR count). The lowest BCUT2D eigenvalue weighted by Crippen LogP contribution is -2.65. The summed E-state index contributed by atoms with van der Waals surface area (Å²) < 4.78 is 55.8. The van der Waals surface area contributed by atoms with E-state index in [1.807, 2.05) is 19.9 Å². The second-order valence-corrected chi connectivity index (χ2v) is 23.5. The van der Waals surface area contributed by atoms with E-state index in [0.29, 0.717) is 16.9 Å². The minimum absolute atomic E-state index is 0.00304. The van der Waals surface area contributed by atoms with Crippen molar-refractivity contribution < 1.29 is 82.5 Å². The number of aliphatic hydroxyl groups excluding tert-OH is 4. The number of anilines is 1. The van der Waals surface area contributed by atoms with Crippen molar-refractivity contribution in [1.29, 1.82) is 0 Å². The number of carbonyl (C=O) groups excluding carboxylic acids is 3. The van der Waals surface area contributed by atoms with E-state index in [-0.39, 0.29) is 47.7 Å². The number of ketones is 1. The molecule has 1 aromatic heterocycles. The molecule has 4 fully saturated rings. The number of aliphatic hydroxyl groups is 5. The van der Waals surface area contributed by atoms with Crippen molar-refractivity contribution in [2.24, 2.45) is 17.8 Å². The van der Waals surface area contributed by atoms with E-state index >= 15 is 0 Å². The first-order chi connectivity index (χ1) is 35.9. The number of nitrogens with one attached hydrogen (secondary N) is 1. The number of likely N-dealkylation sites (N-methyl/N-ethyl adjacent to an activating group) is 1. The molecule has 20 nitrogen and oxygen atoms in total. The number of hydrogen-bond donors (Lipinski definition) is 7. The van der Waals surface area contributed by atoms with Gasteiger partial charge in [0.15, 0.2) is 24.7 Å². The van der Waals surface area contributed by atoms with Crippen molar-refractivity contribution in [2.75, 3.05) is 40.7 Å². The third-order valence-corrected chi connectivity index (χ3v) is 17.3. The van der Waals surface area contributed by atoms with Crippen LogP contribution < -0.4 is 11.1 Å². The molecule has 1 aromatic rings. The summed E-state index contributed by atoms with van der Waals surface area (Å²) in [5, 5.41) is 60.6. The lowest BCUT2D eigenvalue weighted by atomic mass is 9.80. The molecule has 0 bridgehead atoms. The number of carbonyl (C=O) groups is 3. The van der Waals surface area contributed by atoms with Crippen LogP contribution in [-0.4, -0.2) is 193 Å². The Morgan fingerprint density at radius 3 is 2.18 bits per heavy atom. The van der Waals surface area contributed by atoms with E-state index in [1.54, 1.807) is 65.8 Å². The van der Waals surface area contributed by atoms with Crippen LogP contribution in [0.5, 0.6) is 0 Å². The van der Waals surface area contributed by atoms with Crippen molar-refractivity contribution in [3.05, 3.63) is 40.3 Å². The fraction of sp³-hybridized carbons (Fsp3) is 0.800. The van der Waals surface area contributed by atoms with Gasteiger partial charge in [-0.25, -0.2) is 0 Å². The number of allylic oxidation sites excluding steroid dienone is 3. The van der Waals surface area contributed by atoms with Crippen LogP contribution in [-0.2, 0) is 52.2 Å². The summed E-state index contributed by atoms with van der Waals surface area (Å²) >= 11 is 1.18. The smallest absolute Gasteiger partial charge is 0.308 e. The number of cyclic esters (lactones) is 1. The normalized spacial score (nSPS) is 42.0. The maximum Gasteiger partial charge on any atom is 0.308 e. The molecule has 76 heavy (non-hydrogen) atoms. The van der Waals surface area contributed by atoms with Gasteiger partial charge in [-0.05, 0) is 86.5 Å². The Balaban J connectivity index is 1.36. The topological polar surface area (TPSA) is 277 Å². The highest BCUT2D eigenvalue weighted by Gasteiger charge is 2.52. The Bertz CT molecular complexity index is 2120. The molecule has 432 valence electrons. The number of methoxy groups -OCH3 is 2. The van der Waals surface area contributed by atoms with E-state index in [0.717, 1.165) is 32.1 Å². The molecule has 3 saturated heterocycles. The molecule has 21 atom stereocenters. The first kappa shape index (κ1) is 62.2. The second kappa shape index (κ2) is 27.5. The molecule has 1 aliphatic carbocycles. The molecule has 8 N–H and O–H groups in total. The monoisotopic (exact) mass is 1100 g/mol. The van der Waals surface area contributed by atoms with Crippen LogP contribution in [0.15, 0.2) is 29.9 Å². The molecule has 0 radical (unpaired) electrons. The molecule has 5 aliphatic rings. The third kappa shape index (κ3) is 15.1. The van der Waals surface area contributed by atoms with Crippen LogP contribution in [0.1, 0.15) is 134 Å². The SMILES string of the molecule is CC[C@H]1OC(=O)C[C@@H](O)[C@H](C)[C@@H](O[C@@H]2O[C@H](C)[C@@H](O[C@H]3C[C@@](C)(O)[C@@H](O)[C@H](C)O3)[C@H](N(C)C)[C@H]2O)[C@@H](c2cc(C(=O)NC3CCCCC3)c(N)s2)C[C@@H](C)C(=O)/C=C/C(C)=C/[C@@H]1CO[C@@H]1O[C@H](C)[C@@H](O)[C@@H](OC)[C@H]1OC. The molecule has 21 heteroatoms. The van der Waals surface area contributed by atoms with Crippen molar-refractivity contribution in [1.82, 2.24) is 10.2 Å². The lowest BCUT2D eigenvalue weighted by Gasteiger charge is -2.50. The van der Waals surface area contributed by atoms with Crippen LogP contribution in [0.2, 0.25) is 0 Å². The standard InChI is InChI=1S/C55H89N3O17S/c1-13-39-33(26-69-54-49(68-12)48(67-11)44(62)30(5)71-54)21-27(2)19-20-37(59)28(3)22-35(40-23-36(51(56)76-40)52(65)57-34-17-15-14-16-18-34)46(29(4)38(60)24-41(61)73-39)75-53-45(63)43(58(9)10)47(31(6)72-53)74-42-25-55(8,66)50(64)32(7)70-42/h19-21,23,28-35,38-39,42-50,53-54,60,62-64,66H,13-18,22,24-26,56H2,1-12H3,(H,57,65)/b20-19+,27-21+/t28-,29+,30-,31-,32+,33-,35-,38-,39-,42+,43-,44-,45-,46-,47-,48-,49-,50+,53+,54-,55-/m1/s1. The quantitative estimate of drug-likeness (QED) is 0.129. The average molecular weight is 1100 g/mol. The highest BCUT2D eigenvalue weighted by molar-refractivity contribution is 7.16. The minimum Gasteiger partial charge on any atom is -0.462 e. The summed E-state index contributed by atoms with van der Waals surface area (Å²) in [6, 6.07) is 0.931. The predicted octanol–water partition coefficient (Wildman–Crippen LogP) is 4.12. The molecule has 1 saturated carbocycles. The van der Waals surface area contributed by atoms with Gasteiger partial charge in [-0.15, -0.1) is 11.3 Å². The van der Waals surface area contributed by atoms with Crippen molar-refractivity contribution >= 4 is 34.0 Å². The van der Waals surface area contributed by atoms with E-state index in [1.165, 1.54) is 38.6 Å². The van der Waals surface area contributed by atoms with Gasteiger partial charge in [-0.2, -0.15) is 0 Å². The van der Waals surface area contributed by atoms with Crippen molar-refractivity contribution in [3.8, 4) is 0 Å². The second-order valence-electron chi connectivity index (χ2n) is 22.4. The summed E-state index contributed by atoms with van der Waals surface area (Å²) in [6.45, 7) is 13.8. The number of esters is 1. The summed E-state index contributed by atoms with van der Waals surface area (Å²) in [5.41, 5.74) is 6.13. The van der Waals surface area contributed by atoms with Gasteiger partial charge in [0.1, 0.15) is 42.7 Å². The number of nitrogen functional groups attached to an aromatic ring is 1. The highest BCUT2D eigenvalue weighted by Crippen LogP contribution is 2.43. The van der Waals surface area contributed by atoms with Crippen molar-refractivity contribution in [2.45, 2.75) is 229 Å². The molecule has 0 unspecified atom stereocenters. The van der Waals surface area contributed by atoms with Crippen LogP contribution in [0, 0.1) is 17.8 Å².